The molecule has 1 saturated heterocycles. The van der Waals surface area contributed by atoms with Gasteiger partial charge >= 0.3 is 6.18 Å². The first-order valence-electron chi connectivity index (χ1n) is 8.94. The van der Waals surface area contributed by atoms with Gasteiger partial charge in [0.2, 0.25) is 5.88 Å². The van der Waals surface area contributed by atoms with Gasteiger partial charge in [-0.05, 0) is 19.1 Å². The highest BCUT2D eigenvalue weighted by Crippen LogP contribution is 2.33. The van der Waals surface area contributed by atoms with E-state index in [9.17, 15) is 18.0 Å². The SMILES string of the molecule is Cc1onc(-c2ccccc2Cl)c1C(=O)N1CC(Oc2cc(C(F)(F)F)ccn2)C1. The van der Waals surface area contributed by atoms with E-state index in [0.29, 0.717) is 27.6 Å². The first-order valence-corrected chi connectivity index (χ1v) is 9.32. The zero-order valence-corrected chi connectivity index (χ0v) is 16.4. The van der Waals surface area contributed by atoms with Gasteiger partial charge in [0.1, 0.15) is 23.1 Å². The van der Waals surface area contributed by atoms with Crippen molar-refractivity contribution < 1.29 is 27.2 Å². The van der Waals surface area contributed by atoms with Crippen molar-refractivity contribution in [1.82, 2.24) is 15.0 Å². The molecule has 0 unspecified atom stereocenters. The number of aryl methyl sites for hydroxylation is 1. The summed E-state index contributed by atoms with van der Waals surface area (Å²) in [4.78, 5) is 18.3. The maximum absolute atomic E-state index is 13.0. The standard InChI is InChI=1S/C20H15ClF3N3O3/c1-11-17(18(26-30-11)14-4-2-3-5-15(14)21)19(28)27-9-13(10-27)29-16-8-12(6-7-25-16)20(22,23)24/h2-8,13H,9-10H2,1H3. The van der Waals surface area contributed by atoms with Gasteiger partial charge in [-0.2, -0.15) is 13.2 Å². The summed E-state index contributed by atoms with van der Waals surface area (Å²) in [6, 6.07) is 8.66. The smallest absolute Gasteiger partial charge is 0.416 e. The lowest BCUT2D eigenvalue weighted by Gasteiger charge is -2.38. The summed E-state index contributed by atoms with van der Waals surface area (Å²) < 4.78 is 49.1. The van der Waals surface area contributed by atoms with E-state index in [0.717, 1.165) is 18.3 Å². The van der Waals surface area contributed by atoms with Gasteiger partial charge in [-0.1, -0.05) is 35.0 Å². The van der Waals surface area contributed by atoms with Crippen molar-refractivity contribution in [1.29, 1.82) is 0 Å². The average Bonchev–Trinajstić information content (AvgIpc) is 3.05. The number of carbonyl (C=O) groups is 1. The van der Waals surface area contributed by atoms with Crippen molar-refractivity contribution in [2.45, 2.75) is 19.2 Å². The molecule has 3 aromatic rings. The average molecular weight is 438 g/mol. The van der Waals surface area contributed by atoms with E-state index < -0.39 is 17.8 Å². The number of carbonyl (C=O) groups excluding carboxylic acids is 1. The van der Waals surface area contributed by atoms with Crippen LogP contribution in [0.2, 0.25) is 5.02 Å². The maximum Gasteiger partial charge on any atom is 0.416 e. The molecule has 0 radical (unpaired) electrons. The zero-order valence-electron chi connectivity index (χ0n) is 15.6. The predicted molar refractivity (Wildman–Crippen MR) is 101 cm³/mol. The Balaban J connectivity index is 1.46. The number of pyridine rings is 1. The number of halogens is 4. The number of likely N-dealkylation sites (tertiary alicyclic amines) is 1. The summed E-state index contributed by atoms with van der Waals surface area (Å²) in [7, 11) is 0. The van der Waals surface area contributed by atoms with E-state index in [1.54, 1.807) is 31.2 Å². The Bertz CT molecular complexity index is 1090. The molecule has 0 bridgehead atoms. The highest BCUT2D eigenvalue weighted by atomic mass is 35.5. The van der Waals surface area contributed by atoms with Gasteiger partial charge in [0.25, 0.3) is 5.91 Å². The molecule has 156 valence electrons. The second kappa shape index (κ2) is 7.64. The first kappa shape index (κ1) is 20.2. The number of rotatable bonds is 4. The van der Waals surface area contributed by atoms with Crippen LogP contribution < -0.4 is 4.74 Å². The lowest BCUT2D eigenvalue weighted by molar-refractivity contribution is -0.137. The van der Waals surface area contributed by atoms with Gasteiger partial charge < -0.3 is 14.2 Å². The lowest BCUT2D eigenvalue weighted by atomic mass is 10.0. The second-order valence-electron chi connectivity index (χ2n) is 6.77. The Morgan fingerprint density at radius 2 is 2.00 bits per heavy atom. The quantitative estimate of drug-likeness (QED) is 0.595. The van der Waals surface area contributed by atoms with Gasteiger partial charge in [0.05, 0.1) is 23.7 Å². The largest absolute Gasteiger partial charge is 0.471 e. The Kier molecular flexibility index (Phi) is 5.15. The van der Waals surface area contributed by atoms with Gasteiger partial charge in [0.15, 0.2) is 0 Å². The van der Waals surface area contributed by atoms with Crippen LogP contribution in [0.4, 0.5) is 13.2 Å². The molecule has 1 aliphatic heterocycles. The van der Waals surface area contributed by atoms with Crippen LogP contribution in [0, 0.1) is 6.92 Å². The third-order valence-corrected chi connectivity index (χ3v) is 5.02. The fraction of sp³-hybridized carbons (Fsp3) is 0.250. The molecule has 1 fully saturated rings. The Morgan fingerprint density at radius 3 is 2.70 bits per heavy atom. The monoisotopic (exact) mass is 437 g/mol. The Labute approximate surface area is 174 Å². The van der Waals surface area contributed by atoms with Crippen molar-refractivity contribution in [3.8, 4) is 17.1 Å². The fourth-order valence-corrected chi connectivity index (χ4v) is 3.34. The Morgan fingerprint density at radius 1 is 1.27 bits per heavy atom. The fourth-order valence-electron chi connectivity index (χ4n) is 3.12. The minimum atomic E-state index is -4.48. The number of ether oxygens (including phenoxy) is 1. The normalized spacial score (nSPS) is 14.5. The maximum atomic E-state index is 13.0. The molecule has 1 amide bonds. The molecule has 0 saturated carbocycles. The van der Waals surface area contributed by atoms with Gasteiger partial charge in [0, 0.05) is 17.8 Å². The van der Waals surface area contributed by atoms with Crippen molar-refractivity contribution in [3.63, 3.8) is 0 Å². The molecule has 30 heavy (non-hydrogen) atoms. The van der Waals surface area contributed by atoms with Crippen LogP contribution in [0.3, 0.4) is 0 Å². The Hall–Kier alpha value is -3.07. The number of amides is 1. The van der Waals surface area contributed by atoms with E-state index in [1.807, 2.05) is 0 Å². The number of benzene rings is 1. The molecule has 10 heteroatoms. The third kappa shape index (κ3) is 3.85. The van der Waals surface area contributed by atoms with Crippen LogP contribution in [0.1, 0.15) is 21.7 Å². The van der Waals surface area contributed by atoms with Crippen molar-refractivity contribution >= 4 is 17.5 Å². The molecule has 1 aliphatic rings. The minimum absolute atomic E-state index is 0.139. The number of hydrogen-bond donors (Lipinski definition) is 0. The molecule has 6 nitrogen and oxygen atoms in total. The van der Waals surface area contributed by atoms with Gasteiger partial charge in [-0.15, -0.1) is 0 Å². The van der Waals surface area contributed by atoms with Crippen molar-refractivity contribution in [3.05, 3.63) is 64.5 Å². The molecule has 0 spiro atoms. The summed E-state index contributed by atoms with van der Waals surface area (Å²) >= 11 is 6.22. The number of alkyl halides is 3. The molecule has 4 rings (SSSR count). The summed E-state index contributed by atoms with van der Waals surface area (Å²) in [5.74, 6) is -0.112. The summed E-state index contributed by atoms with van der Waals surface area (Å²) in [6.45, 7) is 2.02. The van der Waals surface area contributed by atoms with Crippen molar-refractivity contribution in [2.75, 3.05) is 13.1 Å². The number of nitrogens with zero attached hydrogens (tertiary/aromatic N) is 3. The van der Waals surface area contributed by atoms with E-state index in [2.05, 4.69) is 10.1 Å². The van der Waals surface area contributed by atoms with Crippen LogP contribution >= 0.6 is 11.6 Å². The number of hydrogen-bond acceptors (Lipinski definition) is 5. The number of aromatic nitrogens is 2. The van der Waals surface area contributed by atoms with Crippen molar-refractivity contribution in [2.24, 2.45) is 0 Å². The molecule has 3 heterocycles. The minimum Gasteiger partial charge on any atom is -0.471 e. The molecule has 0 atom stereocenters. The summed E-state index contributed by atoms with van der Waals surface area (Å²) in [5.41, 5.74) is 0.357. The zero-order chi connectivity index (χ0) is 21.5. The summed E-state index contributed by atoms with van der Waals surface area (Å²) in [6.07, 6.45) is -3.91. The lowest BCUT2D eigenvalue weighted by Crippen LogP contribution is -2.56. The van der Waals surface area contributed by atoms with E-state index >= 15 is 0 Å². The van der Waals surface area contributed by atoms with E-state index in [1.165, 1.54) is 4.90 Å². The first-order chi connectivity index (χ1) is 14.2. The van der Waals surface area contributed by atoms with Crippen LogP contribution in [0.15, 0.2) is 47.1 Å². The predicted octanol–water partition coefficient (Wildman–Crippen LogP) is 4.62. The molecule has 2 aromatic heterocycles. The topological polar surface area (TPSA) is 68.5 Å². The van der Waals surface area contributed by atoms with E-state index in [4.69, 9.17) is 20.9 Å². The molecule has 0 aliphatic carbocycles. The van der Waals surface area contributed by atoms with Crippen LogP contribution in [0.5, 0.6) is 5.88 Å². The third-order valence-electron chi connectivity index (χ3n) is 4.69. The second-order valence-corrected chi connectivity index (χ2v) is 7.18. The molecule has 1 aromatic carbocycles. The highest BCUT2D eigenvalue weighted by molar-refractivity contribution is 6.33. The van der Waals surface area contributed by atoms with Crippen LogP contribution in [-0.2, 0) is 6.18 Å². The highest BCUT2D eigenvalue weighted by Gasteiger charge is 2.37. The van der Waals surface area contributed by atoms with Crippen LogP contribution in [-0.4, -0.2) is 40.1 Å². The molecule has 0 N–H and O–H groups in total. The van der Waals surface area contributed by atoms with Crippen LogP contribution in [0.25, 0.3) is 11.3 Å². The molecular weight excluding hydrogens is 423 g/mol. The van der Waals surface area contributed by atoms with Gasteiger partial charge in [-0.3, -0.25) is 4.79 Å². The van der Waals surface area contributed by atoms with E-state index in [-0.39, 0.29) is 24.9 Å². The van der Waals surface area contributed by atoms with Gasteiger partial charge in [-0.25, -0.2) is 4.98 Å². The molecular formula is C20H15ClF3N3O3. The summed E-state index contributed by atoms with van der Waals surface area (Å²) in [5, 5.41) is 4.40.